The van der Waals surface area contributed by atoms with Gasteiger partial charge in [0.1, 0.15) is 17.2 Å². The number of ether oxygens (including phenoxy) is 2. The maximum atomic E-state index is 13.4. The topological polar surface area (TPSA) is 145 Å². The number of nitrogens with one attached hydrogen (secondary N) is 1. The summed E-state index contributed by atoms with van der Waals surface area (Å²) < 4.78 is 14.1. The molecule has 4 N–H and O–H groups in total. The first-order valence-corrected chi connectivity index (χ1v) is 13.4. The number of nitrogens with two attached hydrogens (primary N) is 1. The Bertz CT molecular complexity index is 1030. The average Bonchev–Trinajstić information content (AvgIpc) is 3.18. The van der Waals surface area contributed by atoms with Crippen molar-refractivity contribution in [1.29, 1.82) is 0 Å². The molecule has 1 saturated heterocycles. The van der Waals surface area contributed by atoms with Crippen LogP contribution in [0, 0.1) is 11.8 Å². The van der Waals surface area contributed by atoms with Crippen LogP contribution in [0.5, 0.6) is 0 Å². The van der Waals surface area contributed by atoms with Crippen molar-refractivity contribution >= 4 is 31.7 Å². The number of aliphatic hydroxyl groups is 1. The molecule has 3 heterocycles. The van der Waals surface area contributed by atoms with Crippen molar-refractivity contribution in [2.75, 3.05) is 12.3 Å². The smallest absolute Gasteiger partial charge is 0.280 e. The number of carbonyl (C=O) groups is 1. The van der Waals surface area contributed by atoms with Gasteiger partial charge in [0, 0.05) is 5.92 Å². The fourth-order valence-electron chi connectivity index (χ4n) is 4.20. The highest BCUT2D eigenvalue weighted by atomic mass is 28.3. The van der Waals surface area contributed by atoms with E-state index in [2.05, 4.69) is 15.0 Å². The lowest BCUT2D eigenvalue weighted by Gasteiger charge is -2.39. The molecule has 3 rings (SSSR count). The lowest BCUT2D eigenvalue weighted by molar-refractivity contribution is -0.136. The molecule has 4 atom stereocenters. The van der Waals surface area contributed by atoms with Gasteiger partial charge in [-0.2, -0.15) is 4.98 Å². The highest BCUT2D eigenvalue weighted by Gasteiger charge is 2.61. The molecule has 10 nitrogen and oxygen atoms in total. The minimum Gasteiger partial charge on any atom is -0.389 e. The van der Waals surface area contributed by atoms with Crippen LogP contribution < -0.4 is 11.3 Å². The van der Waals surface area contributed by atoms with E-state index in [-0.39, 0.29) is 35.4 Å². The Kier molecular flexibility index (Phi) is 6.17. The Morgan fingerprint density at radius 2 is 2.10 bits per heavy atom. The molecule has 0 saturated carbocycles. The molecule has 31 heavy (non-hydrogen) atoms. The number of aromatic amines is 1. The first kappa shape index (κ1) is 23.6. The number of carbonyl (C=O) groups excluding carboxylic acids is 1. The molecule has 0 unspecified atom stereocenters. The number of aromatic nitrogens is 4. The quantitative estimate of drug-likeness (QED) is 0.547. The Morgan fingerprint density at radius 3 is 2.65 bits per heavy atom. The van der Waals surface area contributed by atoms with Crippen molar-refractivity contribution in [3.8, 4) is 0 Å². The number of imidazole rings is 1. The van der Waals surface area contributed by atoms with Crippen LogP contribution in [-0.2, 0) is 19.6 Å². The third kappa shape index (κ3) is 4.07. The summed E-state index contributed by atoms with van der Waals surface area (Å²) in [5, 5.41) is 10.1. The zero-order valence-electron chi connectivity index (χ0n) is 19.2. The van der Waals surface area contributed by atoms with Crippen LogP contribution in [0.3, 0.4) is 0 Å². The molecule has 0 radical (unpaired) electrons. The Morgan fingerprint density at radius 1 is 1.45 bits per heavy atom. The van der Waals surface area contributed by atoms with Gasteiger partial charge >= 0.3 is 0 Å². The molecule has 1 fully saturated rings. The van der Waals surface area contributed by atoms with E-state index < -0.39 is 43.4 Å². The third-order valence-electron chi connectivity index (χ3n) is 5.69. The van der Waals surface area contributed by atoms with E-state index in [0.29, 0.717) is 0 Å². The highest BCUT2D eigenvalue weighted by Crippen LogP contribution is 2.45. The van der Waals surface area contributed by atoms with Gasteiger partial charge in [-0.3, -0.25) is 19.1 Å². The molecular formula is C20H33N5O5Si. The van der Waals surface area contributed by atoms with Crippen LogP contribution in [0.25, 0.3) is 11.2 Å². The van der Waals surface area contributed by atoms with Gasteiger partial charge in [-0.15, -0.1) is 0 Å². The van der Waals surface area contributed by atoms with Crippen LogP contribution in [0.2, 0.25) is 13.1 Å². The molecule has 0 amide bonds. The summed E-state index contributed by atoms with van der Waals surface area (Å²) in [5.41, 5.74) is 5.21. The van der Waals surface area contributed by atoms with Gasteiger partial charge in [0.15, 0.2) is 11.2 Å². The number of ketones is 1. The lowest BCUT2D eigenvalue weighted by atomic mass is 9.88. The molecule has 0 aliphatic carbocycles. The zero-order chi connectivity index (χ0) is 23.3. The summed E-state index contributed by atoms with van der Waals surface area (Å²) in [7, 11) is -1.92. The Balaban J connectivity index is 2.22. The monoisotopic (exact) mass is 451 g/mol. The lowest BCUT2D eigenvalue weighted by Crippen LogP contribution is -2.54. The van der Waals surface area contributed by atoms with E-state index in [0.717, 1.165) is 0 Å². The van der Waals surface area contributed by atoms with Crippen molar-refractivity contribution in [3.05, 3.63) is 16.7 Å². The number of H-pyrrole nitrogens is 1. The van der Waals surface area contributed by atoms with Crippen LogP contribution >= 0.6 is 0 Å². The summed E-state index contributed by atoms with van der Waals surface area (Å²) in [5.74, 6) is -1.36. The number of fused-ring (bicyclic) bond motifs is 1. The molecule has 1 aliphatic rings. The predicted octanol–water partition coefficient (Wildman–Crippen LogP) is 0.797. The second kappa shape index (κ2) is 8.12. The summed E-state index contributed by atoms with van der Waals surface area (Å²) in [4.78, 5) is 36.7. The van der Waals surface area contributed by atoms with Gasteiger partial charge in [0.05, 0.1) is 39.4 Å². The highest BCUT2D eigenvalue weighted by molar-refractivity contribution is 6.58. The minimum atomic E-state index is -1.92. The average molecular weight is 452 g/mol. The van der Waals surface area contributed by atoms with Gasteiger partial charge in [0.25, 0.3) is 5.56 Å². The third-order valence-corrected chi connectivity index (χ3v) is 8.12. The summed E-state index contributed by atoms with van der Waals surface area (Å²) in [6, 6.07) is 0. The predicted molar refractivity (Wildman–Crippen MR) is 119 cm³/mol. The molecule has 11 heteroatoms. The van der Waals surface area contributed by atoms with Crippen LogP contribution in [0.1, 0.15) is 34.6 Å². The number of Topliss-reactive ketones (excluding diaryl/α,β-unsaturated/α-hetero) is 1. The van der Waals surface area contributed by atoms with E-state index in [1.165, 1.54) is 6.33 Å². The zero-order valence-corrected chi connectivity index (χ0v) is 20.3. The molecular weight excluding hydrogens is 418 g/mol. The summed E-state index contributed by atoms with van der Waals surface area (Å²) in [6.45, 7) is 13.5. The van der Waals surface area contributed by atoms with Crippen LogP contribution in [0.4, 0.5) is 5.95 Å². The standard InChI is InChI=1S/C20H33N5O5Si/c1-10(2)14(26)12-15(27)11(8-29-19(3,4)5)30-20(12,31(6)7)25-9-22-13-16(25)23-18(21)24-17(13)28/h9-12,15,27,31H,8H2,1-7H3,(H3,21,23,24,28)/t11-,12-,15-,20+/m1/s1. The summed E-state index contributed by atoms with van der Waals surface area (Å²) >= 11 is 0. The number of hydrogen-bond acceptors (Lipinski definition) is 8. The second-order valence-electron chi connectivity index (χ2n) is 9.75. The molecule has 0 aromatic carbocycles. The van der Waals surface area contributed by atoms with Crippen molar-refractivity contribution < 1.29 is 19.4 Å². The van der Waals surface area contributed by atoms with E-state index >= 15 is 0 Å². The van der Waals surface area contributed by atoms with Crippen LogP contribution in [-0.4, -0.2) is 63.6 Å². The van der Waals surface area contributed by atoms with E-state index in [1.54, 1.807) is 18.4 Å². The van der Waals surface area contributed by atoms with Crippen molar-refractivity contribution in [3.63, 3.8) is 0 Å². The van der Waals surface area contributed by atoms with Gasteiger partial charge in [-0.25, -0.2) is 4.98 Å². The number of nitrogen functional groups attached to an aromatic ring is 1. The second-order valence-corrected chi connectivity index (χ2v) is 12.9. The fraction of sp³-hybridized carbons (Fsp3) is 0.700. The van der Waals surface area contributed by atoms with E-state index in [4.69, 9.17) is 15.2 Å². The maximum Gasteiger partial charge on any atom is 0.280 e. The van der Waals surface area contributed by atoms with Gasteiger partial charge in [-0.1, -0.05) is 26.9 Å². The van der Waals surface area contributed by atoms with Crippen molar-refractivity contribution in [2.24, 2.45) is 11.8 Å². The van der Waals surface area contributed by atoms with Crippen LogP contribution in [0.15, 0.2) is 11.1 Å². The first-order valence-electron chi connectivity index (χ1n) is 10.6. The van der Waals surface area contributed by atoms with Crippen molar-refractivity contribution in [1.82, 2.24) is 19.5 Å². The number of anilines is 1. The molecule has 172 valence electrons. The molecule has 1 aliphatic heterocycles. The first-order chi connectivity index (χ1) is 14.3. The van der Waals surface area contributed by atoms with E-state index in [1.807, 2.05) is 33.9 Å². The van der Waals surface area contributed by atoms with Gasteiger partial charge in [0.2, 0.25) is 5.95 Å². The maximum absolute atomic E-state index is 13.4. The Labute approximate surface area is 182 Å². The molecule has 2 aromatic heterocycles. The molecule has 0 spiro atoms. The number of hydrogen-bond donors (Lipinski definition) is 3. The van der Waals surface area contributed by atoms with Gasteiger partial charge < -0.3 is 20.3 Å². The fourth-order valence-corrected chi connectivity index (χ4v) is 6.48. The number of nitrogens with zero attached hydrogens (tertiary/aromatic N) is 3. The molecule has 2 aromatic rings. The van der Waals surface area contributed by atoms with Gasteiger partial charge in [-0.05, 0) is 20.8 Å². The Hall–Kier alpha value is -2.08. The SMILES string of the molecule is CC(C)C(=O)[C@@H]1[C@H](O)[C@@H](COC(C)(C)C)O[C@]1(n1cnc2c(=O)[nH]c(N)nc21)[SiH](C)C. The van der Waals surface area contributed by atoms with E-state index in [9.17, 15) is 14.7 Å². The normalized spacial score (nSPS) is 27.0. The van der Waals surface area contributed by atoms with Crippen molar-refractivity contribution in [2.45, 2.75) is 70.9 Å². The molecule has 0 bridgehead atoms. The summed E-state index contributed by atoms with van der Waals surface area (Å²) in [6.07, 6.45) is -0.345. The number of aliphatic hydroxyl groups excluding tert-OH is 1. The largest absolute Gasteiger partial charge is 0.389 e. The number of rotatable bonds is 6. The minimum absolute atomic E-state index is 0.0577.